The minimum atomic E-state index is -0.438. The standard InChI is InChI=1S/C16H19N3O4.ClH/c1-22-10-11-6-7-14(23-11)16(21)19-13-5-3-2-4-12(13)15(20)18-9-8-17;/h2-7H,8-10,17H2,1H3,(H,18,20)(H,19,21);1H. The van der Waals surface area contributed by atoms with E-state index in [4.69, 9.17) is 14.9 Å². The van der Waals surface area contributed by atoms with Gasteiger partial charge >= 0.3 is 0 Å². The number of carbonyl (C=O) groups excluding carboxylic acids is 2. The van der Waals surface area contributed by atoms with E-state index >= 15 is 0 Å². The second-order valence-corrected chi connectivity index (χ2v) is 4.74. The van der Waals surface area contributed by atoms with Crippen LogP contribution in [-0.4, -0.2) is 32.0 Å². The van der Waals surface area contributed by atoms with Crippen LogP contribution >= 0.6 is 12.4 Å². The predicted octanol–water partition coefficient (Wildman–Crippen LogP) is 1.79. The lowest BCUT2D eigenvalue weighted by Crippen LogP contribution is -2.29. The number of carbonyl (C=O) groups is 2. The third kappa shape index (κ3) is 5.09. The van der Waals surface area contributed by atoms with Gasteiger partial charge in [0, 0.05) is 20.2 Å². The fourth-order valence-corrected chi connectivity index (χ4v) is 1.97. The van der Waals surface area contributed by atoms with Gasteiger partial charge in [-0.3, -0.25) is 9.59 Å². The normalized spacial score (nSPS) is 9.92. The summed E-state index contributed by atoms with van der Waals surface area (Å²) >= 11 is 0. The number of benzene rings is 1. The van der Waals surface area contributed by atoms with Gasteiger partial charge in [0.15, 0.2) is 5.76 Å². The number of halogens is 1. The molecule has 0 aliphatic heterocycles. The summed E-state index contributed by atoms with van der Waals surface area (Å²) in [7, 11) is 1.54. The van der Waals surface area contributed by atoms with Gasteiger partial charge in [-0.05, 0) is 24.3 Å². The van der Waals surface area contributed by atoms with Gasteiger partial charge in [0.2, 0.25) is 0 Å². The molecule has 1 heterocycles. The quantitative estimate of drug-likeness (QED) is 0.703. The summed E-state index contributed by atoms with van der Waals surface area (Å²) in [6, 6.07) is 9.94. The first-order valence-electron chi connectivity index (χ1n) is 7.12. The number of rotatable bonds is 7. The second kappa shape index (κ2) is 9.71. The van der Waals surface area contributed by atoms with E-state index in [2.05, 4.69) is 10.6 Å². The van der Waals surface area contributed by atoms with Gasteiger partial charge in [0.25, 0.3) is 11.8 Å². The van der Waals surface area contributed by atoms with Crippen LogP contribution in [0.1, 0.15) is 26.7 Å². The van der Waals surface area contributed by atoms with Gasteiger partial charge in [-0.25, -0.2) is 0 Å². The van der Waals surface area contributed by atoms with Crippen molar-refractivity contribution >= 4 is 29.9 Å². The van der Waals surface area contributed by atoms with Gasteiger partial charge in [0.1, 0.15) is 12.4 Å². The molecule has 0 aliphatic rings. The van der Waals surface area contributed by atoms with E-state index in [1.165, 1.54) is 0 Å². The van der Waals surface area contributed by atoms with Crippen LogP contribution in [0, 0.1) is 0 Å². The molecule has 130 valence electrons. The Hall–Kier alpha value is -2.35. The lowest BCUT2D eigenvalue weighted by molar-refractivity contribution is 0.0955. The van der Waals surface area contributed by atoms with Gasteiger partial charge in [-0.1, -0.05) is 12.1 Å². The zero-order valence-electron chi connectivity index (χ0n) is 13.2. The average Bonchev–Trinajstić information content (AvgIpc) is 3.02. The van der Waals surface area contributed by atoms with Crippen molar-refractivity contribution in [2.75, 3.05) is 25.5 Å². The van der Waals surface area contributed by atoms with Crippen LogP contribution in [0.25, 0.3) is 0 Å². The minimum Gasteiger partial charge on any atom is -0.453 e. The number of hydrogen-bond acceptors (Lipinski definition) is 5. The summed E-state index contributed by atoms with van der Waals surface area (Å²) < 4.78 is 10.3. The molecule has 2 amide bonds. The summed E-state index contributed by atoms with van der Waals surface area (Å²) in [6.07, 6.45) is 0. The first kappa shape index (κ1) is 19.7. The summed E-state index contributed by atoms with van der Waals surface area (Å²) in [6.45, 7) is 0.986. The Labute approximate surface area is 146 Å². The summed E-state index contributed by atoms with van der Waals surface area (Å²) in [5, 5.41) is 5.34. The van der Waals surface area contributed by atoms with E-state index in [0.717, 1.165) is 0 Å². The Kier molecular flexibility index (Phi) is 7.97. The topological polar surface area (TPSA) is 107 Å². The maximum Gasteiger partial charge on any atom is 0.291 e. The third-order valence-corrected chi connectivity index (χ3v) is 3.02. The molecule has 0 saturated heterocycles. The molecule has 0 spiro atoms. The maximum atomic E-state index is 12.2. The SMILES string of the molecule is COCc1ccc(C(=O)Nc2ccccc2C(=O)NCCN)o1.Cl. The molecule has 0 radical (unpaired) electrons. The van der Waals surface area contributed by atoms with Crippen LogP contribution in [0.5, 0.6) is 0 Å². The van der Waals surface area contributed by atoms with E-state index in [1.54, 1.807) is 43.5 Å². The van der Waals surface area contributed by atoms with Crippen molar-refractivity contribution < 1.29 is 18.7 Å². The largest absolute Gasteiger partial charge is 0.453 e. The molecule has 0 bridgehead atoms. The smallest absolute Gasteiger partial charge is 0.291 e. The van der Waals surface area contributed by atoms with Crippen LogP contribution < -0.4 is 16.4 Å². The van der Waals surface area contributed by atoms with Crippen LogP contribution in [0.3, 0.4) is 0 Å². The maximum absolute atomic E-state index is 12.2. The second-order valence-electron chi connectivity index (χ2n) is 4.74. The number of anilines is 1. The molecule has 4 N–H and O–H groups in total. The molecule has 2 rings (SSSR count). The highest BCUT2D eigenvalue weighted by Gasteiger charge is 2.16. The van der Waals surface area contributed by atoms with Gasteiger partial charge < -0.3 is 25.5 Å². The molecule has 24 heavy (non-hydrogen) atoms. The van der Waals surface area contributed by atoms with E-state index in [-0.39, 0.29) is 30.7 Å². The Morgan fingerprint density at radius 1 is 1.17 bits per heavy atom. The van der Waals surface area contributed by atoms with E-state index in [0.29, 0.717) is 30.1 Å². The van der Waals surface area contributed by atoms with E-state index < -0.39 is 5.91 Å². The molecule has 0 unspecified atom stereocenters. The van der Waals surface area contributed by atoms with E-state index in [1.807, 2.05) is 0 Å². The van der Waals surface area contributed by atoms with Gasteiger partial charge in [-0.2, -0.15) is 0 Å². The summed E-state index contributed by atoms with van der Waals surface area (Å²) in [5.74, 6) is -0.0434. The highest BCUT2D eigenvalue weighted by Crippen LogP contribution is 2.17. The number of hydrogen-bond donors (Lipinski definition) is 3. The fraction of sp³-hybridized carbons (Fsp3) is 0.250. The molecule has 0 saturated carbocycles. The molecule has 8 heteroatoms. The van der Waals surface area contributed by atoms with Crippen molar-refractivity contribution in [2.45, 2.75) is 6.61 Å². The van der Waals surface area contributed by atoms with Crippen LogP contribution in [-0.2, 0) is 11.3 Å². The monoisotopic (exact) mass is 353 g/mol. The van der Waals surface area contributed by atoms with Crippen LogP contribution in [0.15, 0.2) is 40.8 Å². The molecule has 1 aromatic heterocycles. The molecule has 7 nitrogen and oxygen atoms in total. The molecular formula is C16H20ClN3O4. The number of nitrogens with two attached hydrogens (primary N) is 1. The Morgan fingerprint density at radius 3 is 2.62 bits per heavy atom. The van der Waals surface area contributed by atoms with Crippen molar-refractivity contribution in [3.8, 4) is 0 Å². The zero-order chi connectivity index (χ0) is 16.7. The molecular weight excluding hydrogens is 334 g/mol. The number of amides is 2. The highest BCUT2D eigenvalue weighted by molar-refractivity contribution is 6.07. The predicted molar refractivity (Wildman–Crippen MR) is 92.5 cm³/mol. The molecule has 0 aliphatic carbocycles. The lowest BCUT2D eigenvalue weighted by atomic mass is 10.1. The van der Waals surface area contributed by atoms with E-state index in [9.17, 15) is 9.59 Å². The Morgan fingerprint density at radius 2 is 1.92 bits per heavy atom. The zero-order valence-corrected chi connectivity index (χ0v) is 14.0. The van der Waals surface area contributed by atoms with Crippen molar-refractivity contribution in [2.24, 2.45) is 5.73 Å². The van der Waals surface area contributed by atoms with Gasteiger partial charge in [-0.15, -0.1) is 12.4 Å². The number of nitrogens with one attached hydrogen (secondary N) is 2. The minimum absolute atomic E-state index is 0. The third-order valence-electron chi connectivity index (χ3n) is 3.02. The fourth-order valence-electron chi connectivity index (χ4n) is 1.97. The summed E-state index contributed by atoms with van der Waals surface area (Å²) in [4.78, 5) is 24.3. The first-order valence-corrected chi connectivity index (χ1v) is 7.12. The molecule has 2 aromatic rings. The van der Waals surface area contributed by atoms with Crippen molar-refractivity contribution in [3.05, 3.63) is 53.5 Å². The lowest BCUT2D eigenvalue weighted by Gasteiger charge is -2.10. The molecule has 0 atom stereocenters. The van der Waals surface area contributed by atoms with Crippen molar-refractivity contribution in [1.82, 2.24) is 5.32 Å². The van der Waals surface area contributed by atoms with Crippen molar-refractivity contribution in [1.29, 1.82) is 0 Å². The first-order chi connectivity index (χ1) is 11.2. The van der Waals surface area contributed by atoms with Crippen LogP contribution in [0.4, 0.5) is 5.69 Å². The number of ether oxygens (including phenoxy) is 1. The van der Waals surface area contributed by atoms with Crippen molar-refractivity contribution in [3.63, 3.8) is 0 Å². The number of methoxy groups -OCH3 is 1. The number of furan rings is 1. The average molecular weight is 354 g/mol. The Balaban J connectivity index is 0.00000288. The number of para-hydroxylation sites is 1. The molecule has 1 aromatic carbocycles. The van der Waals surface area contributed by atoms with Gasteiger partial charge in [0.05, 0.1) is 11.3 Å². The molecule has 0 fully saturated rings. The summed E-state index contributed by atoms with van der Waals surface area (Å²) in [5.41, 5.74) is 6.13. The highest BCUT2D eigenvalue weighted by atomic mass is 35.5. The Bertz CT molecular complexity index is 687. The van der Waals surface area contributed by atoms with Crippen LogP contribution in [0.2, 0.25) is 0 Å².